The lowest BCUT2D eigenvalue weighted by molar-refractivity contribution is 0.661. The van der Waals surface area contributed by atoms with Crippen LogP contribution in [0.4, 0.5) is 0 Å². The first-order chi connectivity index (χ1) is 8.34. The molecule has 2 aromatic rings. The maximum atomic E-state index is 5.40. The largest absolute Gasteiger partial charge is 0.343 e. The molecule has 0 fully saturated rings. The molecule has 3 heteroatoms. The van der Waals surface area contributed by atoms with Gasteiger partial charge in [-0.2, -0.15) is 0 Å². The summed E-state index contributed by atoms with van der Waals surface area (Å²) >= 11 is 5.40. The zero-order valence-electron chi connectivity index (χ0n) is 9.57. The molecule has 0 amide bonds. The molecule has 0 bridgehead atoms. The van der Waals surface area contributed by atoms with Crippen molar-refractivity contribution in [1.82, 2.24) is 9.97 Å². The van der Waals surface area contributed by atoms with Gasteiger partial charge in [-0.1, -0.05) is 42.5 Å². The Kier molecular flexibility index (Phi) is 2.77. The molecule has 2 nitrogen and oxygen atoms in total. The fourth-order valence-electron chi connectivity index (χ4n) is 2.35. The van der Waals surface area contributed by atoms with Crippen LogP contribution >= 0.6 is 12.2 Å². The minimum absolute atomic E-state index is 0.775. The van der Waals surface area contributed by atoms with Crippen LogP contribution < -0.4 is 0 Å². The minimum atomic E-state index is 0.775. The summed E-state index contributed by atoms with van der Waals surface area (Å²) in [7, 11) is 0. The molecule has 1 heterocycles. The van der Waals surface area contributed by atoms with Crippen LogP contribution in [0.2, 0.25) is 0 Å². The molecule has 1 aliphatic carbocycles. The van der Waals surface area contributed by atoms with Crippen molar-refractivity contribution in [2.45, 2.75) is 25.7 Å². The van der Waals surface area contributed by atoms with E-state index in [-0.39, 0.29) is 0 Å². The molecular weight excluding hydrogens is 228 g/mol. The van der Waals surface area contributed by atoms with Gasteiger partial charge in [0, 0.05) is 16.8 Å². The molecule has 0 spiro atoms. The molecule has 1 N–H and O–H groups in total. The lowest BCUT2D eigenvalue weighted by Crippen LogP contribution is -2.08. The second-order valence-electron chi connectivity index (χ2n) is 4.42. The van der Waals surface area contributed by atoms with Crippen LogP contribution in [0.1, 0.15) is 24.1 Å². The Morgan fingerprint density at radius 3 is 2.65 bits per heavy atom. The first-order valence-electron chi connectivity index (χ1n) is 6.02. The highest BCUT2D eigenvalue weighted by molar-refractivity contribution is 7.71. The van der Waals surface area contributed by atoms with Crippen LogP contribution in [0.3, 0.4) is 0 Å². The van der Waals surface area contributed by atoms with E-state index in [9.17, 15) is 0 Å². The summed E-state index contributed by atoms with van der Waals surface area (Å²) in [4.78, 5) is 7.96. The summed E-state index contributed by atoms with van der Waals surface area (Å²) < 4.78 is 0.775. The van der Waals surface area contributed by atoms with Crippen molar-refractivity contribution in [3.63, 3.8) is 0 Å². The second-order valence-corrected chi connectivity index (χ2v) is 4.81. The Labute approximate surface area is 106 Å². The van der Waals surface area contributed by atoms with E-state index in [0.717, 1.165) is 28.9 Å². The van der Waals surface area contributed by atoms with Crippen molar-refractivity contribution in [2.75, 3.05) is 0 Å². The maximum Gasteiger partial charge on any atom is 0.139 e. The molecule has 1 aliphatic rings. The van der Waals surface area contributed by atoms with Gasteiger partial charge in [0.25, 0.3) is 0 Å². The average molecular weight is 242 g/mol. The molecule has 1 aromatic heterocycles. The highest BCUT2D eigenvalue weighted by Gasteiger charge is 2.13. The van der Waals surface area contributed by atoms with Gasteiger partial charge < -0.3 is 4.98 Å². The van der Waals surface area contributed by atoms with Gasteiger partial charge in [0.15, 0.2) is 0 Å². The van der Waals surface area contributed by atoms with Gasteiger partial charge in [0.05, 0.1) is 0 Å². The number of hydrogen-bond donors (Lipinski definition) is 1. The zero-order chi connectivity index (χ0) is 11.7. The van der Waals surface area contributed by atoms with Gasteiger partial charge in [-0.25, -0.2) is 4.98 Å². The Morgan fingerprint density at radius 1 is 1.06 bits per heavy atom. The van der Waals surface area contributed by atoms with Crippen LogP contribution in [0, 0.1) is 4.64 Å². The first kappa shape index (κ1) is 10.7. The number of fused-ring (bicyclic) bond motifs is 1. The second kappa shape index (κ2) is 4.41. The Morgan fingerprint density at radius 2 is 1.82 bits per heavy atom. The van der Waals surface area contributed by atoms with Crippen LogP contribution in [-0.4, -0.2) is 9.97 Å². The smallest absolute Gasteiger partial charge is 0.139 e. The molecule has 86 valence electrons. The molecule has 17 heavy (non-hydrogen) atoms. The van der Waals surface area contributed by atoms with E-state index in [1.807, 2.05) is 18.2 Å². The highest BCUT2D eigenvalue weighted by atomic mass is 32.1. The summed E-state index contributed by atoms with van der Waals surface area (Å²) in [6.45, 7) is 0. The quantitative estimate of drug-likeness (QED) is 0.773. The molecule has 0 radical (unpaired) electrons. The van der Waals surface area contributed by atoms with Gasteiger partial charge in [-0.05, 0) is 25.7 Å². The Balaban J connectivity index is 2.14. The Bertz CT molecular complexity index is 587. The number of rotatable bonds is 1. The number of aryl methyl sites for hydroxylation is 1. The predicted molar refractivity (Wildman–Crippen MR) is 71.5 cm³/mol. The highest BCUT2D eigenvalue weighted by Crippen LogP contribution is 2.23. The van der Waals surface area contributed by atoms with E-state index in [1.165, 1.54) is 24.1 Å². The third-order valence-corrected chi connectivity index (χ3v) is 3.59. The van der Waals surface area contributed by atoms with Crippen LogP contribution in [0.5, 0.6) is 0 Å². The molecule has 0 unspecified atom stereocenters. The SMILES string of the molecule is S=c1nc(-c2ccccc2)[nH]c2c1CCCC2. The van der Waals surface area contributed by atoms with Crippen LogP contribution in [0.15, 0.2) is 30.3 Å². The van der Waals surface area contributed by atoms with E-state index < -0.39 is 0 Å². The summed E-state index contributed by atoms with van der Waals surface area (Å²) in [6, 6.07) is 10.2. The maximum absolute atomic E-state index is 5.40. The van der Waals surface area contributed by atoms with Gasteiger partial charge >= 0.3 is 0 Å². The summed E-state index contributed by atoms with van der Waals surface area (Å²) in [5.41, 5.74) is 3.65. The first-order valence-corrected chi connectivity index (χ1v) is 6.43. The third-order valence-electron chi connectivity index (χ3n) is 3.26. The number of aromatic amines is 1. The number of nitrogens with zero attached hydrogens (tertiary/aromatic N) is 1. The van der Waals surface area contributed by atoms with Gasteiger partial charge in [-0.15, -0.1) is 0 Å². The van der Waals surface area contributed by atoms with E-state index in [4.69, 9.17) is 12.2 Å². The average Bonchev–Trinajstić information content (AvgIpc) is 2.40. The van der Waals surface area contributed by atoms with Crippen molar-refractivity contribution in [3.05, 3.63) is 46.2 Å². The molecular formula is C14H14N2S. The van der Waals surface area contributed by atoms with Crippen molar-refractivity contribution in [3.8, 4) is 11.4 Å². The van der Waals surface area contributed by atoms with E-state index in [0.29, 0.717) is 0 Å². The van der Waals surface area contributed by atoms with Crippen molar-refractivity contribution in [2.24, 2.45) is 0 Å². The molecule has 3 rings (SSSR count). The number of nitrogens with one attached hydrogen (secondary N) is 1. The van der Waals surface area contributed by atoms with Crippen LogP contribution in [-0.2, 0) is 12.8 Å². The summed E-state index contributed by atoms with van der Waals surface area (Å²) in [5.74, 6) is 0.899. The number of hydrogen-bond acceptors (Lipinski definition) is 2. The molecule has 0 atom stereocenters. The lowest BCUT2D eigenvalue weighted by Gasteiger charge is -2.16. The minimum Gasteiger partial charge on any atom is -0.343 e. The van der Waals surface area contributed by atoms with E-state index >= 15 is 0 Å². The number of benzene rings is 1. The van der Waals surface area contributed by atoms with Crippen molar-refractivity contribution in [1.29, 1.82) is 0 Å². The van der Waals surface area contributed by atoms with E-state index in [1.54, 1.807) is 0 Å². The van der Waals surface area contributed by atoms with E-state index in [2.05, 4.69) is 22.1 Å². The normalized spacial score (nSPS) is 14.4. The van der Waals surface area contributed by atoms with Gasteiger partial charge in [-0.3, -0.25) is 0 Å². The monoisotopic (exact) mass is 242 g/mol. The lowest BCUT2D eigenvalue weighted by atomic mass is 9.97. The Hall–Kier alpha value is -1.48. The number of aromatic nitrogens is 2. The molecule has 0 saturated heterocycles. The van der Waals surface area contributed by atoms with Gasteiger partial charge in [0.2, 0.25) is 0 Å². The topological polar surface area (TPSA) is 28.7 Å². The summed E-state index contributed by atoms with van der Waals surface area (Å²) in [5, 5.41) is 0. The summed E-state index contributed by atoms with van der Waals surface area (Å²) in [6.07, 6.45) is 4.65. The number of H-pyrrole nitrogens is 1. The fraction of sp³-hybridized carbons (Fsp3) is 0.286. The van der Waals surface area contributed by atoms with Gasteiger partial charge in [0.1, 0.15) is 10.5 Å². The molecule has 0 saturated carbocycles. The fourth-order valence-corrected chi connectivity index (χ4v) is 2.67. The van der Waals surface area contributed by atoms with Crippen molar-refractivity contribution >= 4 is 12.2 Å². The van der Waals surface area contributed by atoms with Crippen LogP contribution in [0.25, 0.3) is 11.4 Å². The standard InChI is InChI=1S/C14H14N2S/c17-14-11-8-4-5-9-12(11)15-13(16-14)10-6-2-1-3-7-10/h1-3,6-7H,4-5,8-9H2,(H,15,16,17). The predicted octanol–water partition coefficient (Wildman–Crippen LogP) is 3.68. The molecule has 0 aliphatic heterocycles. The van der Waals surface area contributed by atoms with Crippen molar-refractivity contribution < 1.29 is 0 Å². The molecule has 1 aromatic carbocycles. The zero-order valence-corrected chi connectivity index (χ0v) is 10.4. The third kappa shape index (κ3) is 2.03.